The lowest BCUT2D eigenvalue weighted by molar-refractivity contribution is -0.140. The quantitative estimate of drug-likeness (QED) is 0.198. The molecule has 0 N–H and O–H groups in total. The minimum Gasteiger partial charge on any atom is -0.206 e. The van der Waals surface area contributed by atoms with Crippen LogP contribution < -0.4 is 0 Å². The molecule has 0 atom stereocenters. The first-order valence-corrected chi connectivity index (χ1v) is 14.9. The van der Waals surface area contributed by atoms with Gasteiger partial charge in [-0.1, -0.05) is 36.4 Å². The molecule has 4 aromatic carbocycles. The van der Waals surface area contributed by atoms with Gasteiger partial charge in [0.05, 0.1) is 11.1 Å². The minimum atomic E-state index is -4.83. The van der Waals surface area contributed by atoms with E-state index in [-0.39, 0.29) is 23.0 Å². The molecule has 0 unspecified atom stereocenters. The molecule has 8 heteroatoms. The smallest absolute Gasteiger partial charge is 0.206 e. The fourth-order valence-electron chi connectivity index (χ4n) is 9.40. The Morgan fingerprint density at radius 1 is 0.477 bits per heavy atom. The molecule has 0 nitrogen and oxygen atoms in total. The van der Waals surface area contributed by atoms with Crippen molar-refractivity contribution >= 4 is 0 Å². The van der Waals surface area contributed by atoms with Gasteiger partial charge in [-0.3, -0.25) is 0 Å². The summed E-state index contributed by atoms with van der Waals surface area (Å²) in [5.41, 5.74) is 2.58. The van der Waals surface area contributed by atoms with Gasteiger partial charge in [-0.2, -0.15) is 26.3 Å². The van der Waals surface area contributed by atoms with E-state index in [1.54, 1.807) is 12.1 Å². The Kier molecular flexibility index (Phi) is 5.81. The summed E-state index contributed by atoms with van der Waals surface area (Å²) in [4.78, 5) is 0. The summed E-state index contributed by atoms with van der Waals surface area (Å²) in [7, 11) is 0. The molecule has 0 aromatic heterocycles. The molecule has 4 saturated carbocycles. The van der Waals surface area contributed by atoms with Crippen molar-refractivity contribution in [3.63, 3.8) is 0 Å². The molecule has 0 heterocycles. The van der Waals surface area contributed by atoms with E-state index in [0.29, 0.717) is 23.0 Å². The van der Waals surface area contributed by atoms with Crippen molar-refractivity contribution in [1.29, 1.82) is 0 Å². The van der Waals surface area contributed by atoms with E-state index in [9.17, 15) is 35.1 Å². The van der Waals surface area contributed by atoms with Crippen molar-refractivity contribution in [3.8, 4) is 33.4 Å². The third-order valence-electron chi connectivity index (χ3n) is 10.9. The largest absolute Gasteiger partial charge is 0.419 e. The summed E-state index contributed by atoms with van der Waals surface area (Å²) in [5, 5.41) is 0. The van der Waals surface area contributed by atoms with Crippen molar-refractivity contribution < 1.29 is 35.1 Å². The molecule has 4 fully saturated rings. The van der Waals surface area contributed by atoms with Crippen LogP contribution in [-0.4, -0.2) is 0 Å². The van der Waals surface area contributed by atoms with Gasteiger partial charge < -0.3 is 0 Å². The van der Waals surface area contributed by atoms with Crippen LogP contribution in [0.3, 0.4) is 0 Å². The zero-order valence-electron chi connectivity index (χ0n) is 23.3. The summed E-state index contributed by atoms with van der Waals surface area (Å²) in [5.74, 6) is -0.868. The molecule has 5 aliphatic rings. The highest BCUT2D eigenvalue weighted by molar-refractivity contribution is 5.87. The van der Waals surface area contributed by atoms with Gasteiger partial charge in [0.1, 0.15) is 11.6 Å². The molecule has 226 valence electrons. The van der Waals surface area contributed by atoms with Crippen molar-refractivity contribution in [2.75, 3.05) is 0 Å². The van der Waals surface area contributed by atoms with Crippen molar-refractivity contribution in [1.82, 2.24) is 0 Å². The summed E-state index contributed by atoms with van der Waals surface area (Å²) in [6, 6.07) is 17.4. The monoisotopic (exact) mass is 610 g/mol. The van der Waals surface area contributed by atoms with Crippen LogP contribution >= 0.6 is 0 Å². The van der Waals surface area contributed by atoms with Gasteiger partial charge in [-0.15, -0.1) is 0 Å². The first kappa shape index (κ1) is 27.8. The normalized spacial score (nSPS) is 24.5. The van der Waals surface area contributed by atoms with Crippen molar-refractivity contribution in [2.24, 2.45) is 23.7 Å². The van der Waals surface area contributed by atoms with Crippen LogP contribution in [-0.2, 0) is 17.8 Å². The molecular formula is C36H26F8. The van der Waals surface area contributed by atoms with Gasteiger partial charge in [0, 0.05) is 5.41 Å². The summed E-state index contributed by atoms with van der Waals surface area (Å²) < 4.78 is 110. The molecule has 0 amide bonds. The lowest BCUT2D eigenvalue weighted by Crippen LogP contribution is -2.55. The Hall–Kier alpha value is -3.68. The summed E-state index contributed by atoms with van der Waals surface area (Å²) >= 11 is 0. The predicted molar refractivity (Wildman–Crippen MR) is 150 cm³/mol. The number of fused-ring (bicyclic) bond motifs is 3. The van der Waals surface area contributed by atoms with Crippen molar-refractivity contribution in [2.45, 2.75) is 49.9 Å². The van der Waals surface area contributed by atoms with Gasteiger partial charge in [-0.25, -0.2) is 8.78 Å². The van der Waals surface area contributed by atoms with Crippen LogP contribution in [0, 0.1) is 35.3 Å². The van der Waals surface area contributed by atoms with Gasteiger partial charge in [0.2, 0.25) is 0 Å². The molecule has 0 aliphatic heterocycles. The molecule has 4 bridgehead atoms. The average molecular weight is 611 g/mol. The van der Waals surface area contributed by atoms with E-state index in [1.807, 2.05) is 24.3 Å². The maximum Gasteiger partial charge on any atom is 0.419 e. The molecule has 9 rings (SSSR count). The van der Waals surface area contributed by atoms with Crippen LogP contribution in [0.5, 0.6) is 0 Å². The van der Waals surface area contributed by atoms with E-state index < -0.39 is 40.5 Å². The second-order valence-electron chi connectivity index (χ2n) is 13.1. The fourth-order valence-corrected chi connectivity index (χ4v) is 9.40. The van der Waals surface area contributed by atoms with Gasteiger partial charge >= 0.3 is 12.4 Å². The number of rotatable bonds is 2. The number of halogens is 8. The fraction of sp³-hybridized carbons (Fsp3) is 0.333. The van der Waals surface area contributed by atoms with Gasteiger partial charge in [-0.05, 0) is 137 Å². The second-order valence-corrected chi connectivity index (χ2v) is 13.1. The Labute approximate surface area is 248 Å². The zero-order valence-corrected chi connectivity index (χ0v) is 23.3. The van der Waals surface area contributed by atoms with Crippen LogP contribution in [0.1, 0.15) is 54.4 Å². The first-order valence-electron chi connectivity index (χ1n) is 14.9. The highest BCUT2D eigenvalue weighted by atomic mass is 19.4. The van der Waals surface area contributed by atoms with E-state index in [2.05, 4.69) is 0 Å². The second kappa shape index (κ2) is 9.18. The third kappa shape index (κ3) is 3.94. The average Bonchev–Trinajstić information content (AvgIpc) is 3.24. The predicted octanol–water partition coefficient (Wildman–Crippen LogP) is 11.1. The molecule has 44 heavy (non-hydrogen) atoms. The highest BCUT2D eigenvalue weighted by Crippen LogP contribution is 2.69. The lowest BCUT2D eigenvalue weighted by atomic mass is 9.43. The summed E-state index contributed by atoms with van der Waals surface area (Å²) in [6.45, 7) is 0. The molecule has 0 radical (unpaired) electrons. The molecular weight excluding hydrogens is 584 g/mol. The Morgan fingerprint density at radius 3 is 1.23 bits per heavy atom. The van der Waals surface area contributed by atoms with E-state index in [4.69, 9.17) is 0 Å². The van der Waals surface area contributed by atoms with E-state index in [0.717, 1.165) is 72.2 Å². The van der Waals surface area contributed by atoms with Gasteiger partial charge in [0.15, 0.2) is 0 Å². The lowest BCUT2D eigenvalue weighted by Gasteiger charge is -2.61. The van der Waals surface area contributed by atoms with Crippen LogP contribution in [0.4, 0.5) is 35.1 Å². The molecule has 4 aromatic rings. The molecule has 1 spiro atoms. The Balaban J connectivity index is 1.32. The van der Waals surface area contributed by atoms with Gasteiger partial charge in [0.25, 0.3) is 0 Å². The zero-order chi connectivity index (χ0) is 30.8. The van der Waals surface area contributed by atoms with Crippen molar-refractivity contribution in [3.05, 3.63) is 107 Å². The topological polar surface area (TPSA) is 0 Å². The van der Waals surface area contributed by atoms with Crippen LogP contribution in [0.25, 0.3) is 33.4 Å². The third-order valence-corrected chi connectivity index (χ3v) is 10.9. The minimum absolute atomic E-state index is 0.267. The maximum atomic E-state index is 14.1. The Bertz CT molecular complexity index is 1690. The van der Waals surface area contributed by atoms with E-state index >= 15 is 0 Å². The number of benzene rings is 4. The maximum absolute atomic E-state index is 14.1. The molecule has 0 saturated heterocycles. The SMILES string of the molecule is Fc1ccc(-c2ccc3c(c2)C2(c4cc(-c5ccc(F)c(C(F)(F)F)c5)ccc4-3)C3CC4CC(C3)CC2C4)cc1C(F)(F)F. The highest BCUT2D eigenvalue weighted by Gasteiger charge is 2.61. The number of alkyl halides is 6. The van der Waals surface area contributed by atoms with Crippen LogP contribution in [0.2, 0.25) is 0 Å². The standard InChI is InChI=1S/C36H26F8/c37-32-7-3-22(16-30(32)35(39,40)41)20-1-5-26-27-6-2-21(23-4-8-33(38)31(17-23)36(42,43)44)15-29(27)34(28(26)14-20)24-10-18-9-19(12-24)13-25(34)11-18/h1-8,14-19,24-25H,9-13H2. The molecule has 5 aliphatic carbocycles. The van der Waals surface area contributed by atoms with Crippen LogP contribution in [0.15, 0.2) is 72.8 Å². The first-order chi connectivity index (χ1) is 20.8. The number of hydrogen-bond donors (Lipinski definition) is 0. The number of hydrogen-bond acceptors (Lipinski definition) is 0. The Morgan fingerprint density at radius 2 is 0.841 bits per heavy atom. The summed E-state index contributed by atoms with van der Waals surface area (Å²) in [6.07, 6.45) is -4.40. The van der Waals surface area contributed by atoms with E-state index in [1.165, 1.54) is 18.6 Å².